The summed E-state index contributed by atoms with van der Waals surface area (Å²) in [6.07, 6.45) is 0. The Balaban J connectivity index is 1.60. The van der Waals surface area contributed by atoms with Gasteiger partial charge in [-0.25, -0.2) is 9.78 Å². The van der Waals surface area contributed by atoms with Crippen LogP contribution in [0.15, 0.2) is 51.4 Å². The van der Waals surface area contributed by atoms with Crippen molar-refractivity contribution in [1.82, 2.24) is 15.2 Å². The molecule has 1 N–H and O–H groups in total. The maximum Gasteiger partial charge on any atom is 0.374 e. The highest BCUT2D eigenvalue weighted by atomic mass is 32.2. The molecule has 0 fully saturated rings. The first-order chi connectivity index (χ1) is 12.8. The standard InChI is InChI=1S/C18H15N3O3S2/c1-2-23-17(22)15-12(11-6-3-4-7-13(11)24-15)10-26-18-19-16(20-21-18)14-8-5-9-25-14/h3-9H,2,10H2,1H3,(H,19,20,21). The Kier molecular flexibility index (Phi) is 4.77. The van der Waals surface area contributed by atoms with E-state index in [1.54, 1.807) is 18.3 Å². The Bertz CT molecular complexity index is 1040. The Morgan fingerprint density at radius 2 is 2.19 bits per heavy atom. The average Bonchev–Trinajstić information content (AvgIpc) is 3.38. The molecule has 4 rings (SSSR count). The molecule has 0 amide bonds. The maximum atomic E-state index is 12.2. The maximum absolute atomic E-state index is 12.2. The average molecular weight is 385 g/mol. The van der Waals surface area contributed by atoms with Crippen molar-refractivity contribution >= 4 is 40.0 Å². The van der Waals surface area contributed by atoms with Gasteiger partial charge in [-0.15, -0.1) is 16.4 Å². The minimum absolute atomic E-state index is 0.245. The van der Waals surface area contributed by atoms with Gasteiger partial charge in [0.15, 0.2) is 5.82 Å². The number of thiophene rings is 1. The fraction of sp³-hybridized carbons (Fsp3) is 0.167. The van der Waals surface area contributed by atoms with Crippen LogP contribution in [0.2, 0.25) is 0 Å². The van der Waals surface area contributed by atoms with Gasteiger partial charge in [0.2, 0.25) is 10.9 Å². The number of benzene rings is 1. The van der Waals surface area contributed by atoms with Gasteiger partial charge in [0.25, 0.3) is 0 Å². The van der Waals surface area contributed by atoms with E-state index in [-0.39, 0.29) is 5.76 Å². The van der Waals surface area contributed by atoms with Crippen molar-refractivity contribution in [3.63, 3.8) is 0 Å². The quantitative estimate of drug-likeness (QED) is 0.381. The number of para-hydroxylation sites is 1. The Morgan fingerprint density at radius 1 is 1.31 bits per heavy atom. The van der Waals surface area contributed by atoms with E-state index in [1.165, 1.54) is 11.8 Å². The van der Waals surface area contributed by atoms with Crippen molar-refractivity contribution in [2.75, 3.05) is 6.61 Å². The number of aromatic amines is 1. The number of hydrogen-bond donors (Lipinski definition) is 1. The molecule has 0 unspecified atom stereocenters. The number of rotatable bonds is 6. The van der Waals surface area contributed by atoms with Crippen LogP contribution >= 0.6 is 23.1 Å². The number of hydrogen-bond acceptors (Lipinski definition) is 7. The molecule has 4 aromatic rings. The zero-order valence-electron chi connectivity index (χ0n) is 13.9. The van der Waals surface area contributed by atoms with Crippen LogP contribution in [-0.4, -0.2) is 27.8 Å². The number of fused-ring (bicyclic) bond motifs is 1. The lowest BCUT2D eigenvalue weighted by atomic mass is 10.1. The smallest absolute Gasteiger partial charge is 0.374 e. The van der Waals surface area contributed by atoms with Crippen LogP contribution in [0.3, 0.4) is 0 Å². The second-order valence-corrected chi connectivity index (χ2v) is 7.25. The Morgan fingerprint density at radius 3 is 3.00 bits per heavy atom. The van der Waals surface area contributed by atoms with E-state index in [2.05, 4.69) is 15.2 Å². The Labute approximate surface area is 157 Å². The summed E-state index contributed by atoms with van der Waals surface area (Å²) in [6, 6.07) is 11.5. The molecule has 0 spiro atoms. The molecule has 0 saturated heterocycles. The summed E-state index contributed by atoms with van der Waals surface area (Å²) in [7, 11) is 0. The summed E-state index contributed by atoms with van der Waals surface area (Å²) in [5, 5.41) is 10.7. The highest BCUT2D eigenvalue weighted by Gasteiger charge is 2.22. The number of thioether (sulfide) groups is 1. The van der Waals surface area contributed by atoms with Gasteiger partial charge in [0, 0.05) is 16.7 Å². The van der Waals surface area contributed by atoms with Crippen molar-refractivity contribution in [2.24, 2.45) is 0 Å². The van der Waals surface area contributed by atoms with Gasteiger partial charge in [0.1, 0.15) is 5.58 Å². The summed E-state index contributed by atoms with van der Waals surface area (Å²) in [4.78, 5) is 17.8. The van der Waals surface area contributed by atoms with Crippen LogP contribution in [0.5, 0.6) is 0 Å². The lowest BCUT2D eigenvalue weighted by Gasteiger charge is -2.01. The zero-order chi connectivity index (χ0) is 17.9. The lowest BCUT2D eigenvalue weighted by Crippen LogP contribution is -2.05. The van der Waals surface area contributed by atoms with Crippen molar-refractivity contribution in [3.8, 4) is 10.7 Å². The molecule has 0 radical (unpaired) electrons. The number of ether oxygens (including phenoxy) is 1. The molecule has 1 aromatic carbocycles. The van der Waals surface area contributed by atoms with Gasteiger partial charge in [-0.05, 0) is 24.4 Å². The van der Waals surface area contributed by atoms with Crippen LogP contribution in [0.25, 0.3) is 21.7 Å². The molecule has 8 heteroatoms. The number of H-pyrrole nitrogens is 1. The molecule has 0 saturated carbocycles. The first-order valence-electron chi connectivity index (χ1n) is 8.03. The molecular weight excluding hydrogens is 370 g/mol. The number of aromatic nitrogens is 3. The van der Waals surface area contributed by atoms with Crippen LogP contribution in [-0.2, 0) is 10.5 Å². The zero-order valence-corrected chi connectivity index (χ0v) is 15.5. The number of esters is 1. The number of carbonyl (C=O) groups is 1. The molecule has 0 aliphatic rings. The summed E-state index contributed by atoms with van der Waals surface area (Å²) in [5.41, 5.74) is 1.46. The number of nitrogens with zero attached hydrogens (tertiary/aromatic N) is 2. The predicted molar refractivity (Wildman–Crippen MR) is 101 cm³/mol. The minimum Gasteiger partial charge on any atom is -0.460 e. The van der Waals surface area contributed by atoms with Gasteiger partial charge < -0.3 is 9.15 Å². The summed E-state index contributed by atoms with van der Waals surface area (Å²) >= 11 is 3.04. The highest BCUT2D eigenvalue weighted by Crippen LogP contribution is 2.32. The van der Waals surface area contributed by atoms with Gasteiger partial charge in [-0.3, -0.25) is 5.10 Å². The minimum atomic E-state index is -0.450. The van der Waals surface area contributed by atoms with E-state index in [4.69, 9.17) is 9.15 Å². The molecule has 0 atom stereocenters. The second-order valence-electron chi connectivity index (χ2n) is 5.36. The monoisotopic (exact) mass is 385 g/mol. The summed E-state index contributed by atoms with van der Waals surface area (Å²) < 4.78 is 10.9. The summed E-state index contributed by atoms with van der Waals surface area (Å²) in [5.74, 6) is 1.04. The number of furan rings is 1. The topological polar surface area (TPSA) is 81.0 Å². The van der Waals surface area contributed by atoms with Gasteiger partial charge in [-0.2, -0.15) is 0 Å². The van der Waals surface area contributed by atoms with Gasteiger partial charge in [0.05, 0.1) is 11.5 Å². The van der Waals surface area contributed by atoms with E-state index >= 15 is 0 Å². The molecule has 0 aliphatic heterocycles. The molecule has 0 aliphatic carbocycles. The first kappa shape index (κ1) is 16.9. The van der Waals surface area contributed by atoms with Crippen LogP contribution < -0.4 is 0 Å². The summed E-state index contributed by atoms with van der Waals surface area (Å²) in [6.45, 7) is 2.07. The van der Waals surface area contributed by atoms with E-state index < -0.39 is 5.97 Å². The second kappa shape index (κ2) is 7.35. The largest absolute Gasteiger partial charge is 0.460 e. The lowest BCUT2D eigenvalue weighted by molar-refractivity contribution is 0.0491. The van der Waals surface area contributed by atoms with Crippen LogP contribution in [0, 0.1) is 0 Å². The van der Waals surface area contributed by atoms with E-state index in [9.17, 15) is 4.79 Å². The van der Waals surface area contributed by atoms with Crippen molar-refractivity contribution in [2.45, 2.75) is 17.8 Å². The SMILES string of the molecule is CCOC(=O)c1oc2ccccc2c1CSc1n[nH]c(-c2cccs2)n1. The third kappa shape index (κ3) is 3.25. The molecule has 0 bridgehead atoms. The van der Waals surface area contributed by atoms with Crippen molar-refractivity contribution in [3.05, 3.63) is 53.1 Å². The van der Waals surface area contributed by atoms with Crippen molar-refractivity contribution < 1.29 is 13.9 Å². The van der Waals surface area contributed by atoms with Gasteiger partial charge >= 0.3 is 5.97 Å². The molecule has 3 heterocycles. The Hall–Kier alpha value is -2.58. The number of carbonyl (C=O) groups excluding carboxylic acids is 1. The van der Waals surface area contributed by atoms with Crippen LogP contribution in [0.1, 0.15) is 23.0 Å². The van der Waals surface area contributed by atoms with E-state index in [0.717, 1.165) is 21.7 Å². The van der Waals surface area contributed by atoms with E-state index in [1.807, 2.05) is 41.8 Å². The molecule has 6 nitrogen and oxygen atoms in total. The fourth-order valence-electron chi connectivity index (χ4n) is 2.57. The molecule has 3 aromatic heterocycles. The van der Waals surface area contributed by atoms with Crippen LogP contribution in [0.4, 0.5) is 0 Å². The normalized spacial score (nSPS) is 11.1. The van der Waals surface area contributed by atoms with Crippen molar-refractivity contribution in [1.29, 1.82) is 0 Å². The first-order valence-corrected chi connectivity index (χ1v) is 9.89. The van der Waals surface area contributed by atoms with E-state index in [0.29, 0.717) is 23.1 Å². The van der Waals surface area contributed by atoms with Gasteiger partial charge in [-0.1, -0.05) is 36.0 Å². The fourth-order valence-corrected chi connectivity index (χ4v) is 4.06. The predicted octanol–water partition coefficient (Wildman–Crippen LogP) is 4.75. The molecule has 26 heavy (non-hydrogen) atoms. The third-order valence-electron chi connectivity index (χ3n) is 3.72. The highest BCUT2D eigenvalue weighted by molar-refractivity contribution is 7.98. The number of nitrogens with one attached hydrogen (secondary N) is 1. The third-order valence-corrected chi connectivity index (χ3v) is 5.47. The molecular formula is C18H15N3O3S2. The molecule has 132 valence electrons.